The van der Waals surface area contributed by atoms with E-state index < -0.39 is 0 Å². The molecule has 0 bridgehead atoms. The predicted octanol–water partition coefficient (Wildman–Crippen LogP) is 3.91. The van der Waals surface area contributed by atoms with Gasteiger partial charge in [0.05, 0.1) is 30.2 Å². The van der Waals surface area contributed by atoms with E-state index in [4.69, 9.17) is 14.5 Å². The molecule has 3 fully saturated rings. The molecule has 30 heavy (non-hydrogen) atoms. The zero-order valence-corrected chi connectivity index (χ0v) is 17.6. The van der Waals surface area contributed by atoms with E-state index >= 15 is 0 Å². The number of aliphatic imine (C=N–C) groups is 1. The van der Waals surface area contributed by atoms with Crippen molar-refractivity contribution in [1.29, 1.82) is 0 Å². The second-order valence-corrected chi connectivity index (χ2v) is 9.46. The second-order valence-electron chi connectivity index (χ2n) is 9.46. The van der Waals surface area contributed by atoms with Crippen LogP contribution in [0.1, 0.15) is 62.3 Å². The van der Waals surface area contributed by atoms with Gasteiger partial charge in [-0.05, 0) is 50.3 Å². The van der Waals surface area contributed by atoms with Crippen molar-refractivity contribution in [1.82, 2.24) is 9.97 Å². The predicted molar refractivity (Wildman–Crippen MR) is 115 cm³/mol. The molecule has 1 aromatic heterocycles. The lowest BCUT2D eigenvalue weighted by Gasteiger charge is -2.41. The number of nitrogens with zero attached hydrogens (tertiary/aromatic N) is 4. The largest absolute Gasteiger partial charge is 0.488 e. The van der Waals surface area contributed by atoms with E-state index in [0.717, 1.165) is 73.9 Å². The minimum Gasteiger partial charge on any atom is -0.488 e. The van der Waals surface area contributed by atoms with Crippen molar-refractivity contribution < 1.29 is 9.47 Å². The van der Waals surface area contributed by atoms with Gasteiger partial charge in [-0.15, -0.1) is 0 Å². The van der Waals surface area contributed by atoms with Crippen LogP contribution in [0.4, 0.5) is 5.82 Å². The maximum absolute atomic E-state index is 6.19. The van der Waals surface area contributed by atoms with Crippen molar-refractivity contribution in [3.8, 4) is 5.75 Å². The summed E-state index contributed by atoms with van der Waals surface area (Å²) in [5, 5.41) is 0. The molecule has 1 spiro atoms. The Balaban J connectivity index is 1.27. The van der Waals surface area contributed by atoms with E-state index in [1.807, 2.05) is 0 Å². The van der Waals surface area contributed by atoms with Gasteiger partial charge in [-0.2, -0.15) is 0 Å². The van der Waals surface area contributed by atoms with Crippen LogP contribution in [0.25, 0.3) is 0 Å². The first-order valence-corrected chi connectivity index (χ1v) is 11.2. The summed E-state index contributed by atoms with van der Waals surface area (Å²) in [4.78, 5) is 16.4. The highest BCUT2D eigenvalue weighted by Crippen LogP contribution is 2.40. The summed E-state index contributed by atoms with van der Waals surface area (Å²) in [6, 6.07) is 8.44. The molecule has 2 aliphatic carbocycles. The van der Waals surface area contributed by atoms with Gasteiger partial charge in [-0.3, -0.25) is 4.99 Å². The summed E-state index contributed by atoms with van der Waals surface area (Å²) in [5.74, 6) is 1.90. The SMILES string of the molecule is CC1(Oc2ccc3c(c2)C(c2cc(N4CCOC5(CCCC5)C4)ncn2)=NC3)CC1. The van der Waals surface area contributed by atoms with Crippen LogP contribution in [0.2, 0.25) is 0 Å². The van der Waals surface area contributed by atoms with Crippen LogP contribution in [0, 0.1) is 0 Å². The molecule has 2 aromatic rings. The molecule has 0 atom stereocenters. The normalized spacial score (nSPS) is 23.4. The first kappa shape index (κ1) is 18.3. The topological polar surface area (TPSA) is 59.8 Å². The molecule has 2 aliphatic heterocycles. The summed E-state index contributed by atoms with van der Waals surface area (Å²) in [6.07, 6.45) is 8.77. The average Bonchev–Trinajstić information content (AvgIpc) is 3.14. The molecule has 156 valence electrons. The number of hydrogen-bond acceptors (Lipinski definition) is 6. The fourth-order valence-electron chi connectivity index (χ4n) is 5.02. The molecule has 1 saturated heterocycles. The molecule has 0 unspecified atom stereocenters. The summed E-state index contributed by atoms with van der Waals surface area (Å²) in [5.41, 5.74) is 4.24. The average molecular weight is 405 g/mol. The Bertz CT molecular complexity index is 1010. The Hall–Kier alpha value is -2.47. The number of benzene rings is 1. The third-order valence-corrected chi connectivity index (χ3v) is 7.04. The maximum Gasteiger partial charge on any atom is 0.132 e. The zero-order valence-electron chi connectivity index (χ0n) is 17.6. The van der Waals surface area contributed by atoms with Gasteiger partial charge >= 0.3 is 0 Å². The van der Waals surface area contributed by atoms with Crippen molar-refractivity contribution in [2.45, 2.75) is 63.2 Å². The van der Waals surface area contributed by atoms with E-state index in [1.165, 1.54) is 18.4 Å². The molecule has 4 aliphatic rings. The van der Waals surface area contributed by atoms with Crippen LogP contribution in [-0.2, 0) is 11.3 Å². The molecule has 6 heteroatoms. The van der Waals surface area contributed by atoms with E-state index in [1.54, 1.807) is 6.33 Å². The highest BCUT2D eigenvalue weighted by molar-refractivity contribution is 6.14. The summed E-state index contributed by atoms with van der Waals surface area (Å²) in [7, 11) is 0. The highest BCUT2D eigenvalue weighted by Gasteiger charge is 2.41. The fraction of sp³-hybridized carbons (Fsp3) is 0.542. The molecule has 2 saturated carbocycles. The lowest BCUT2D eigenvalue weighted by atomic mass is 9.99. The fourth-order valence-corrected chi connectivity index (χ4v) is 5.02. The van der Waals surface area contributed by atoms with Crippen LogP contribution in [0.5, 0.6) is 5.75 Å². The standard InChI is InChI=1S/C24H28N4O2/c1-23(8-9-23)30-18-5-4-17-14-25-22(19(17)12-18)20-13-21(27-16-26-20)28-10-11-29-24(15-28)6-2-3-7-24/h4-5,12-13,16H,2-3,6-11,14-15H2,1H3. The maximum atomic E-state index is 6.19. The molecule has 0 radical (unpaired) electrons. The first-order valence-electron chi connectivity index (χ1n) is 11.2. The number of morpholine rings is 1. The minimum absolute atomic E-state index is 0.0127. The van der Waals surface area contributed by atoms with Crippen LogP contribution < -0.4 is 9.64 Å². The molecule has 0 amide bonds. The van der Waals surface area contributed by atoms with Crippen molar-refractivity contribution >= 4 is 11.5 Å². The van der Waals surface area contributed by atoms with Gasteiger partial charge in [-0.25, -0.2) is 9.97 Å². The molecular weight excluding hydrogens is 376 g/mol. The second kappa shape index (κ2) is 6.77. The lowest BCUT2D eigenvalue weighted by Crippen LogP contribution is -2.50. The van der Waals surface area contributed by atoms with Gasteiger partial charge in [0.2, 0.25) is 0 Å². The number of ether oxygens (including phenoxy) is 2. The quantitative estimate of drug-likeness (QED) is 0.773. The van der Waals surface area contributed by atoms with E-state index in [2.05, 4.69) is 46.1 Å². The third kappa shape index (κ3) is 3.27. The van der Waals surface area contributed by atoms with Crippen molar-refractivity contribution in [3.05, 3.63) is 47.4 Å². The van der Waals surface area contributed by atoms with Crippen molar-refractivity contribution in [3.63, 3.8) is 0 Å². The number of aromatic nitrogens is 2. The van der Waals surface area contributed by atoms with Crippen LogP contribution in [0.15, 0.2) is 35.6 Å². The Morgan fingerprint density at radius 1 is 1.07 bits per heavy atom. The van der Waals surface area contributed by atoms with Gasteiger partial charge in [0.15, 0.2) is 0 Å². The summed E-state index contributed by atoms with van der Waals surface area (Å²) < 4.78 is 12.4. The smallest absolute Gasteiger partial charge is 0.132 e. The lowest BCUT2D eigenvalue weighted by molar-refractivity contribution is -0.0503. The van der Waals surface area contributed by atoms with E-state index in [0.29, 0.717) is 6.54 Å². The van der Waals surface area contributed by atoms with Gasteiger partial charge in [-0.1, -0.05) is 18.9 Å². The van der Waals surface area contributed by atoms with Gasteiger partial charge in [0.25, 0.3) is 0 Å². The number of fused-ring (bicyclic) bond motifs is 1. The van der Waals surface area contributed by atoms with E-state index in [9.17, 15) is 0 Å². The summed E-state index contributed by atoms with van der Waals surface area (Å²) in [6.45, 7) is 5.43. The molecule has 0 N–H and O–H groups in total. The van der Waals surface area contributed by atoms with Crippen LogP contribution in [0.3, 0.4) is 0 Å². The molecule has 6 rings (SSSR count). The van der Waals surface area contributed by atoms with Gasteiger partial charge in [0, 0.05) is 24.7 Å². The van der Waals surface area contributed by atoms with Crippen LogP contribution in [-0.4, -0.2) is 46.6 Å². The van der Waals surface area contributed by atoms with Crippen molar-refractivity contribution in [2.75, 3.05) is 24.6 Å². The Labute approximate surface area is 177 Å². The molecule has 3 heterocycles. The molecule has 1 aromatic carbocycles. The van der Waals surface area contributed by atoms with E-state index in [-0.39, 0.29) is 11.2 Å². The Morgan fingerprint density at radius 3 is 2.77 bits per heavy atom. The Kier molecular flexibility index (Phi) is 4.13. The minimum atomic E-state index is 0.0127. The number of rotatable bonds is 4. The number of hydrogen-bond donors (Lipinski definition) is 0. The number of anilines is 1. The van der Waals surface area contributed by atoms with Crippen LogP contribution >= 0.6 is 0 Å². The third-order valence-electron chi connectivity index (χ3n) is 7.04. The summed E-state index contributed by atoms with van der Waals surface area (Å²) >= 11 is 0. The van der Waals surface area contributed by atoms with Crippen molar-refractivity contribution in [2.24, 2.45) is 4.99 Å². The molecule has 6 nitrogen and oxygen atoms in total. The zero-order chi connectivity index (χ0) is 20.2. The monoisotopic (exact) mass is 404 g/mol. The highest BCUT2D eigenvalue weighted by atomic mass is 16.5. The first-order chi connectivity index (χ1) is 14.6. The Morgan fingerprint density at radius 2 is 1.93 bits per heavy atom. The molecular formula is C24H28N4O2. The van der Waals surface area contributed by atoms with Gasteiger partial charge < -0.3 is 14.4 Å². The van der Waals surface area contributed by atoms with Gasteiger partial charge in [0.1, 0.15) is 23.5 Å².